The number of aryl methyl sites for hydroxylation is 1. The van der Waals surface area contributed by atoms with E-state index in [0.29, 0.717) is 30.9 Å². The van der Waals surface area contributed by atoms with Gasteiger partial charge in [-0.15, -0.1) is 0 Å². The van der Waals surface area contributed by atoms with Crippen molar-refractivity contribution in [3.63, 3.8) is 0 Å². The molecule has 0 aromatic heterocycles. The molecule has 0 N–H and O–H groups in total. The SMILES string of the molecule is CCN=NN(C)CC1CN(c2ccc(C)c(F)c2)C(=O)O1. The van der Waals surface area contributed by atoms with Crippen molar-refractivity contribution < 1.29 is 13.9 Å². The molecule has 0 radical (unpaired) electrons. The molecule has 1 heterocycles. The topological polar surface area (TPSA) is 57.5 Å². The summed E-state index contributed by atoms with van der Waals surface area (Å²) >= 11 is 0. The van der Waals surface area contributed by atoms with Crippen LogP contribution in [0.15, 0.2) is 28.5 Å². The quantitative estimate of drug-likeness (QED) is 0.620. The Labute approximate surface area is 123 Å². The molecule has 1 fully saturated rings. The van der Waals surface area contributed by atoms with E-state index in [4.69, 9.17) is 4.74 Å². The third kappa shape index (κ3) is 3.68. The summed E-state index contributed by atoms with van der Waals surface area (Å²) in [5.74, 6) is -0.336. The van der Waals surface area contributed by atoms with Gasteiger partial charge in [0.1, 0.15) is 11.9 Å². The maximum atomic E-state index is 13.6. The Morgan fingerprint density at radius 3 is 2.95 bits per heavy atom. The second-order valence-electron chi connectivity index (χ2n) is 4.94. The van der Waals surface area contributed by atoms with Gasteiger partial charge in [-0.3, -0.25) is 9.91 Å². The van der Waals surface area contributed by atoms with Gasteiger partial charge >= 0.3 is 6.09 Å². The Morgan fingerprint density at radius 2 is 2.29 bits per heavy atom. The Bertz CT molecular complexity index is 550. The number of halogens is 1. The van der Waals surface area contributed by atoms with Gasteiger partial charge in [-0.1, -0.05) is 11.3 Å². The Balaban J connectivity index is 2.02. The molecule has 0 aliphatic carbocycles. The lowest BCUT2D eigenvalue weighted by Gasteiger charge is -2.16. The fourth-order valence-electron chi connectivity index (χ4n) is 2.08. The molecule has 1 aromatic carbocycles. The molecule has 0 bridgehead atoms. The molecule has 1 aliphatic heterocycles. The number of ether oxygens (including phenoxy) is 1. The minimum absolute atomic E-state index is 0.317. The molecular weight excluding hydrogens is 275 g/mol. The van der Waals surface area contributed by atoms with Crippen LogP contribution in [0.1, 0.15) is 12.5 Å². The van der Waals surface area contributed by atoms with Crippen molar-refractivity contribution in [2.24, 2.45) is 10.3 Å². The number of amides is 1. The molecule has 1 aromatic rings. The van der Waals surface area contributed by atoms with Crippen LogP contribution in [0, 0.1) is 12.7 Å². The molecule has 1 unspecified atom stereocenters. The number of anilines is 1. The Morgan fingerprint density at radius 1 is 1.52 bits per heavy atom. The number of likely N-dealkylation sites (N-methyl/N-ethyl adjacent to an activating group) is 1. The second-order valence-corrected chi connectivity index (χ2v) is 4.94. The summed E-state index contributed by atoms with van der Waals surface area (Å²) in [6, 6.07) is 4.70. The summed E-state index contributed by atoms with van der Waals surface area (Å²) in [5.41, 5.74) is 1.05. The van der Waals surface area contributed by atoms with Crippen LogP contribution in [0.4, 0.5) is 14.9 Å². The van der Waals surface area contributed by atoms with Crippen LogP contribution in [-0.2, 0) is 4.74 Å². The highest BCUT2D eigenvalue weighted by atomic mass is 19.1. The molecule has 1 saturated heterocycles. The minimum atomic E-state index is -0.468. The first-order valence-corrected chi connectivity index (χ1v) is 6.84. The maximum Gasteiger partial charge on any atom is 0.414 e. The second kappa shape index (κ2) is 6.51. The van der Waals surface area contributed by atoms with E-state index in [0.717, 1.165) is 0 Å². The van der Waals surface area contributed by atoms with Crippen molar-refractivity contribution in [2.75, 3.05) is 31.6 Å². The summed E-state index contributed by atoms with van der Waals surface area (Å²) in [6.45, 7) is 4.98. The van der Waals surface area contributed by atoms with Crippen LogP contribution in [0.25, 0.3) is 0 Å². The molecule has 7 heteroatoms. The number of rotatable bonds is 5. The molecule has 0 spiro atoms. The lowest BCUT2D eigenvalue weighted by molar-refractivity contribution is 0.115. The summed E-state index contributed by atoms with van der Waals surface area (Å²) in [6.07, 6.45) is -0.785. The van der Waals surface area contributed by atoms with Gasteiger partial charge < -0.3 is 4.74 Å². The summed E-state index contributed by atoms with van der Waals surface area (Å²) < 4.78 is 18.9. The number of nitrogens with zero attached hydrogens (tertiary/aromatic N) is 4. The van der Waals surface area contributed by atoms with Crippen LogP contribution < -0.4 is 4.90 Å². The molecule has 2 rings (SSSR count). The van der Waals surface area contributed by atoms with E-state index in [-0.39, 0.29) is 11.9 Å². The number of cyclic esters (lactones) is 1. The summed E-state index contributed by atoms with van der Waals surface area (Å²) in [4.78, 5) is 13.3. The highest BCUT2D eigenvalue weighted by Gasteiger charge is 2.33. The third-order valence-corrected chi connectivity index (χ3v) is 3.17. The highest BCUT2D eigenvalue weighted by molar-refractivity contribution is 5.89. The van der Waals surface area contributed by atoms with Gasteiger partial charge in [0.15, 0.2) is 0 Å². The van der Waals surface area contributed by atoms with Crippen molar-refractivity contribution in [1.82, 2.24) is 5.01 Å². The first-order valence-electron chi connectivity index (χ1n) is 6.84. The van der Waals surface area contributed by atoms with E-state index in [1.807, 2.05) is 6.92 Å². The van der Waals surface area contributed by atoms with Gasteiger partial charge in [0, 0.05) is 7.05 Å². The fraction of sp³-hybridized carbons (Fsp3) is 0.500. The third-order valence-electron chi connectivity index (χ3n) is 3.17. The molecule has 1 amide bonds. The number of hydrogen-bond donors (Lipinski definition) is 0. The standard InChI is InChI=1S/C14H19FN4O2/c1-4-16-17-18(3)8-12-9-19(14(20)21-12)11-6-5-10(2)13(15)7-11/h5-7,12H,4,8-9H2,1-3H3. The fourth-order valence-corrected chi connectivity index (χ4v) is 2.08. The maximum absolute atomic E-state index is 13.6. The van der Waals surface area contributed by atoms with Crippen LogP contribution in [-0.4, -0.2) is 43.9 Å². The zero-order valence-corrected chi connectivity index (χ0v) is 12.4. The zero-order valence-electron chi connectivity index (χ0n) is 12.4. The summed E-state index contributed by atoms with van der Waals surface area (Å²) in [5, 5.41) is 9.45. The first-order chi connectivity index (χ1) is 10.0. The van der Waals surface area contributed by atoms with E-state index in [9.17, 15) is 9.18 Å². The van der Waals surface area contributed by atoms with Crippen LogP contribution in [0.2, 0.25) is 0 Å². The van der Waals surface area contributed by atoms with E-state index >= 15 is 0 Å². The minimum Gasteiger partial charge on any atom is -0.442 e. The summed E-state index contributed by atoms with van der Waals surface area (Å²) in [7, 11) is 1.77. The average molecular weight is 294 g/mol. The number of carbonyl (C=O) groups excluding carboxylic acids is 1. The molecule has 1 atom stereocenters. The van der Waals surface area contributed by atoms with Crippen molar-refractivity contribution in [3.8, 4) is 0 Å². The Kier molecular flexibility index (Phi) is 4.72. The monoisotopic (exact) mass is 294 g/mol. The van der Waals surface area contributed by atoms with Gasteiger partial charge in [-0.25, -0.2) is 9.18 Å². The largest absolute Gasteiger partial charge is 0.442 e. The van der Waals surface area contributed by atoms with E-state index in [1.165, 1.54) is 11.0 Å². The number of hydrogen-bond acceptors (Lipinski definition) is 4. The van der Waals surface area contributed by atoms with Crippen molar-refractivity contribution in [3.05, 3.63) is 29.6 Å². The van der Waals surface area contributed by atoms with Gasteiger partial charge in [-0.2, -0.15) is 5.11 Å². The predicted octanol–water partition coefficient (Wildman–Crippen LogP) is 2.78. The van der Waals surface area contributed by atoms with Crippen LogP contribution in [0.3, 0.4) is 0 Å². The molecule has 1 aliphatic rings. The molecule has 0 saturated carbocycles. The predicted molar refractivity (Wildman–Crippen MR) is 76.8 cm³/mol. The van der Waals surface area contributed by atoms with Gasteiger partial charge in [0.05, 0.1) is 25.3 Å². The normalized spacial score (nSPS) is 18.4. The van der Waals surface area contributed by atoms with E-state index in [1.54, 1.807) is 31.1 Å². The molecular formula is C14H19FN4O2. The van der Waals surface area contributed by atoms with Crippen LogP contribution >= 0.6 is 0 Å². The zero-order chi connectivity index (χ0) is 15.4. The number of carbonyl (C=O) groups is 1. The molecule has 6 nitrogen and oxygen atoms in total. The van der Waals surface area contributed by atoms with Gasteiger partial charge in [-0.05, 0) is 31.5 Å². The average Bonchev–Trinajstić information content (AvgIpc) is 2.80. The van der Waals surface area contributed by atoms with Crippen molar-refractivity contribution in [2.45, 2.75) is 20.0 Å². The number of benzene rings is 1. The molecule has 114 valence electrons. The lowest BCUT2D eigenvalue weighted by atomic mass is 10.2. The Hall–Kier alpha value is -2.18. The smallest absolute Gasteiger partial charge is 0.414 e. The van der Waals surface area contributed by atoms with Crippen molar-refractivity contribution >= 4 is 11.8 Å². The lowest BCUT2D eigenvalue weighted by Crippen LogP contribution is -2.29. The van der Waals surface area contributed by atoms with E-state index in [2.05, 4.69) is 10.3 Å². The van der Waals surface area contributed by atoms with E-state index < -0.39 is 6.09 Å². The highest BCUT2D eigenvalue weighted by Crippen LogP contribution is 2.24. The molecule has 21 heavy (non-hydrogen) atoms. The van der Waals surface area contributed by atoms with Gasteiger partial charge in [0.2, 0.25) is 0 Å². The van der Waals surface area contributed by atoms with Crippen LogP contribution in [0.5, 0.6) is 0 Å². The van der Waals surface area contributed by atoms with Crippen molar-refractivity contribution in [1.29, 1.82) is 0 Å². The van der Waals surface area contributed by atoms with Gasteiger partial charge in [0.25, 0.3) is 0 Å². The first kappa shape index (κ1) is 15.2.